The molecule has 0 aliphatic heterocycles. The van der Waals surface area contributed by atoms with Gasteiger partial charge in [0.2, 0.25) is 0 Å². The largest absolute Gasteiger partial charge is 0.392 e. The molecule has 0 aromatic heterocycles. The zero-order valence-electron chi connectivity index (χ0n) is 6.06. The van der Waals surface area contributed by atoms with Gasteiger partial charge in [0.15, 0.2) is 0 Å². The third-order valence-corrected chi connectivity index (χ3v) is 2.86. The first-order valence-corrected chi connectivity index (χ1v) is 4.79. The average molecular weight is 280 g/mol. The first-order valence-electron chi connectivity index (χ1n) is 3.20. The van der Waals surface area contributed by atoms with Gasteiger partial charge in [-0.1, -0.05) is 31.9 Å². The molecule has 0 atom stereocenters. The second kappa shape index (κ2) is 3.70. The van der Waals surface area contributed by atoms with E-state index in [0.717, 1.165) is 14.5 Å². The van der Waals surface area contributed by atoms with Crippen LogP contribution in [0.3, 0.4) is 0 Å². The summed E-state index contributed by atoms with van der Waals surface area (Å²) >= 11 is 6.74. The van der Waals surface area contributed by atoms with Crippen LogP contribution in [0.4, 0.5) is 0 Å². The molecule has 0 fully saturated rings. The molecule has 0 spiro atoms. The van der Waals surface area contributed by atoms with Crippen LogP contribution in [0.1, 0.15) is 11.1 Å². The lowest BCUT2D eigenvalue weighted by molar-refractivity contribution is 0.280. The Morgan fingerprint density at radius 3 is 2.09 bits per heavy atom. The fourth-order valence-corrected chi connectivity index (χ4v) is 2.55. The summed E-state index contributed by atoms with van der Waals surface area (Å²) < 4.78 is 1.90. The second-order valence-corrected chi connectivity index (χ2v) is 4.07. The average Bonchev–Trinajstić information content (AvgIpc) is 1.85. The SMILES string of the molecule is Cc1cc(Br)c(CO)c(Br)c1. The highest BCUT2D eigenvalue weighted by Gasteiger charge is 2.03. The molecule has 1 aromatic carbocycles. The Balaban J connectivity index is 3.25. The van der Waals surface area contributed by atoms with Crippen LogP contribution in [-0.2, 0) is 6.61 Å². The van der Waals surface area contributed by atoms with Gasteiger partial charge in [-0.3, -0.25) is 0 Å². The van der Waals surface area contributed by atoms with Gasteiger partial charge >= 0.3 is 0 Å². The van der Waals surface area contributed by atoms with E-state index in [1.165, 1.54) is 5.56 Å². The van der Waals surface area contributed by atoms with E-state index in [0.29, 0.717) is 0 Å². The fourth-order valence-electron chi connectivity index (χ4n) is 0.881. The Labute approximate surface area is 82.7 Å². The van der Waals surface area contributed by atoms with Gasteiger partial charge in [-0.05, 0) is 24.6 Å². The summed E-state index contributed by atoms with van der Waals surface area (Å²) in [5.41, 5.74) is 2.07. The molecule has 1 aromatic rings. The summed E-state index contributed by atoms with van der Waals surface area (Å²) in [5.74, 6) is 0. The molecule has 0 saturated carbocycles. The minimum absolute atomic E-state index is 0.0570. The van der Waals surface area contributed by atoms with Crippen LogP contribution in [0.2, 0.25) is 0 Å². The molecule has 0 bridgehead atoms. The summed E-state index contributed by atoms with van der Waals surface area (Å²) in [4.78, 5) is 0. The van der Waals surface area contributed by atoms with Gasteiger partial charge in [0.1, 0.15) is 0 Å². The molecule has 0 saturated heterocycles. The number of benzene rings is 1. The van der Waals surface area contributed by atoms with Gasteiger partial charge < -0.3 is 5.11 Å². The zero-order valence-corrected chi connectivity index (χ0v) is 9.24. The number of aryl methyl sites for hydroxylation is 1. The monoisotopic (exact) mass is 278 g/mol. The smallest absolute Gasteiger partial charge is 0.0703 e. The van der Waals surface area contributed by atoms with Crippen LogP contribution in [0.5, 0.6) is 0 Å². The van der Waals surface area contributed by atoms with Crippen molar-refractivity contribution in [3.05, 3.63) is 32.2 Å². The van der Waals surface area contributed by atoms with Gasteiger partial charge in [0.25, 0.3) is 0 Å². The Hall–Kier alpha value is 0.140. The Morgan fingerprint density at radius 2 is 1.73 bits per heavy atom. The highest BCUT2D eigenvalue weighted by molar-refractivity contribution is 9.11. The molecular weight excluding hydrogens is 272 g/mol. The molecule has 0 heterocycles. The topological polar surface area (TPSA) is 20.2 Å². The zero-order chi connectivity index (χ0) is 8.43. The van der Waals surface area contributed by atoms with E-state index in [1.54, 1.807) is 0 Å². The first-order chi connectivity index (χ1) is 5.15. The van der Waals surface area contributed by atoms with Crippen molar-refractivity contribution >= 4 is 31.9 Å². The van der Waals surface area contributed by atoms with Crippen LogP contribution in [0, 0.1) is 6.92 Å². The normalized spacial score (nSPS) is 10.2. The number of hydrogen-bond acceptors (Lipinski definition) is 1. The molecule has 0 aliphatic carbocycles. The van der Waals surface area contributed by atoms with Crippen molar-refractivity contribution in [3.63, 3.8) is 0 Å². The fraction of sp³-hybridized carbons (Fsp3) is 0.250. The molecule has 3 heteroatoms. The Bertz CT molecular complexity index is 248. The van der Waals surface area contributed by atoms with E-state index in [2.05, 4.69) is 31.9 Å². The lowest BCUT2D eigenvalue weighted by Crippen LogP contribution is -1.88. The predicted molar refractivity (Wildman–Crippen MR) is 52.5 cm³/mol. The molecule has 1 N–H and O–H groups in total. The van der Waals surface area contributed by atoms with Crippen LogP contribution >= 0.6 is 31.9 Å². The summed E-state index contributed by atoms with van der Waals surface area (Å²) in [5, 5.41) is 8.93. The van der Waals surface area contributed by atoms with Crippen molar-refractivity contribution in [2.45, 2.75) is 13.5 Å². The molecule has 11 heavy (non-hydrogen) atoms. The van der Waals surface area contributed by atoms with Gasteiger partial charge in [0.05, 0.1) is 6.61 Å². The van der Waals surface area contributed by atoms with Crippen LogP contribution < -0.4 is 0 Å². The molecule has 0 unspecified atom stereocenters. The van der Waals surface area contributed by atoms with E-state index in [4.69, 9.17) is 5.11 Å². The quantitative estimate of drug-likeness (QED) is 0.838. The summed E-state index contributed by atoms with van der Waals surface area (Å²) in [7, 11) is 0. The maximum atomic E-state index is 8.93. The number of halogens is 2. The van der Waals surface area contributed by atoms with Crippen LogP contribution in [0.15, 0.2) is 21.1 Å². The van der Waals surface area contributed by atoms with E-state index < -0.39 is 0 Å². The highest BCUT2D eigenvalue weighted by Crippen LogP contribution is 2.26. The third-order valence-electron chi connectivity index (χ3n) is 1.44. The Kier molecular flexibility index (Phi) is 3.10. The molecule has 1 nitrogen and oxygen atoms in total. The molecular formula is C8H8Br2O. The van der Waals surface area contributed by atoms with E-state index in [1.807, 2.05) is 19.1 Å². The standard InChI is InChI=1S/C8H8Br2O/c1-5-2-7(9)6(4-11)8(10)3-5/h2-3,11H,4H2,1H3. The summed E-state index contributed by atoms with van der Waals surface area (Å²) in [6.07, 6.45) is 0. The van der Waals surface area contributed by atoms with Crippen molar-refractivity contribution in [3.8, 4) is 0 Å². The van der Waals surface area contributed by atoms with Gasteiger partial charge in [-0.15, -0.1) is 0 Å². The molecule has 0 aliphatic rings. The number of rotatable bonds is 1. The summed E-state index contributed by atoms with van der Waals surface area (Å²) in [6, 6.07) is 3.96. The number of aliphatic hydroxyl groups excluding tert-OH is 1. The van der Waals surface area contributed by atoms with Crippen molar-refractivity contribution in [2.24, 2.45) is 0 Å². The minimum atomic E-state index is 0.0570. The van der Waals surface area contributed by atoms with E-state index >= 15 is 0 Å². The van der Waals surface area contributed by atoms with Crippen molar-refractivity contribution in [1.29, 1.82) is 0 Å². The third kappa shape index (κ3) is 2.04. The Morgan fingerprint density at radius 1 is 1.27 bits per heavy atom. The van der Waals surface area contributed by atoms with Crippen LogP contribution in [-0.4, -0.2) is 5.11 Å². The van der Waals surface area contributed by atoms with E-state index in [9.17, 15) is 0 Å². The van der Waals surface area contributed by atoms with E-state index in [-0.39, 0.29) is 6.61 Å². The van der Waals surface area contributed by atoms with Crippen molar-refractivity contribution < 1.29 is 5.11 Å². The minimum Gasteiger partial charge on any atom is -0.392 e. The second-order valence-electron chi connectivity index (χ2n) is 2.37. The molecule has 60 valence electrons. The number of hydrogen-bond donors (Lipinski definition) is 1. The lowest BCUT2D eigenvalue weighted by atomic mass is 10.2. The molecule has 1 rings (SSSR count). The maximum Gasteiger partial charge on any atom is 0.0703 e. The summed E-state index contributed by atoms with van der Waals surface area (Å²) in [6.45, 7) is 2.07. The van der Waals surface area contributed by atoms with Gasteiger partial charge in [0, 0.05) is 14.5 Å². The first kappa shape index (κ1) is 9.23. The van der Waals surface area contributed by atoms with Gasteiger partial charge in [-0.25, -0.2) is 0 Å². The lowest BCUT2D eigenvalue weighted by Gasteiger charge is -2.04. The van der Waals surface area contributed by atoms with Gasteiger partial charge in [-0.2, -0.15) is 0 Å². The van der Waals surface area contributed by atoms with Crippen molar-refractivity contribution in [1.82, 2.24) is 0 Å². The highest BCUT2D eigenvalue weighted by atomic mass is 79.9. The number of aliphatic hydroxyl groups is 1. The van der Waals surface area contributed by atoms with Crippen molar-refractivity contribution in [2.75, 3.05) is 0 Å². The predicted octanol–water partition coefficient (Wildman–Crippen LogP) is 3.01. The molecule has 0 amide bonds. The van der Waals surface area contributed by atoms with Crippen LogP contribution in [0.25, 0.3) is 0 Å². The maximum absolute atomic E-state index is 8.93. The molecule has 0 radical (unpaired) electrons.